The lowest BCUT2D eigenvalue weighted by Gasteiger charge is -2.41. The molecule has 2 amide bonds. The number of hydrogen-bond acceptors (Lipinski definition) is 7. The Morgan fingerprint density at radius 3 is 2.71 bits per heavy atom. The Morgan fingerprint density at radius 1 is 1.05 bits per heavy atom. The van der Waals surface area contributed by atoms with Gasteiger partial charge in [-0.15, -0.1) is 0 Å². The summed E-state index contributed by atoms with van der Waals surface area (Å²) in [6.07, 6.45) is 4.33. The van der Waals surface area contributed by atoms with Crippen LogP contribution in [-0.4, -0.2) is 93.4 Å². The lowest BCUT2D eigenvalue weighted by molar-refractivity contribution is -0.135. The van der Waals surface area contributed by atoms with Gasteiger partial charge >= 0.3 is 0 Å². The van der Waals surface area contributed by atoms with Crippen molar-refractivity contribution >= 4 is 11.8 Å². The van der Waals surface area contributed by atoms with Gasteiger partial charge in [0.1, 0.15) is 23.7 Å². The van der Waals surface area contributed by atoms with Gasteiger partial charge in [0.2, 0.25) is 5.91 Å². The Balaban J connectivity index is 1.32. The molecule has 0 aliphatic carbocycles. The van der Waals surface area contributed by atoms with Crippen LogP contribution in [0, 0.1) is 0 Å². The van der Waals surface area contributed by atoms with Crippen LogP contribution in [0.2, 0.25) is 0 Å². The number of piperazine rings is 1. The number of rotatable bonds is 3. The molecule has 0 radical (unpaired) electrons. The number of fused-ring (bicyclic) bond motifs is 4. The van der Waals surface area contributed by atoms with Gasteiger partial charge in [-0.25, -0.2) is 4.98 Å². The Hall–Kier alpha value is -3.73. The van der Waals surface area contributed by atoms with Crippen molar-refractivity contribution in [3.05, 3.63) is 72.3 Å². The third-order valence-corrected chi connectivity index (χ3v) is 8.39. The Kier molecular flexibility index (Phi) is 8.04. The van der Waals surface area contributed by atoms with Gasteiger partial charge in [-0.05, 0) is 36.1 Å². The topological polar surface area (TPSA) is 109 Å². The predicted molar refractivity (Wildman–Crippen MR) is 152 cm³/mol. The van der Waals surface area contributed by atoms with Crippen LogP contribution < -0.4 is 10.1 Å². The van der Waals surface area contributed by atoms with E-state index in [9.17, 15) is 14.7 Å². The number of aryl methyl sites for hydroxylation is 1. The second kappa shape index (κ2) is 12.0. The molecule has 1 aromatic heterocycles. The second-order valence-corrected chi connectivity index (χ2v) is 11.1. The van der Waals surface area contributed by atoms with Gasteiger partial charge in [0.15, 0.2) is 0 Å². The molecule has 0 unspecified atom stereocenters. The molecular formula is C31H37N5O5. The minimum absolute atomic E-state index is 0.0980. The zero-order valence-corrected chi connectivity index (χ0v) is 23.3. The average Bonchev–Trinajstić information content (AvgIpc) is 3.40. The van der Waals surface area contributed by atoms with E-state index in [1.807, 2.05) is 66.3 Å². The van der Waals surface area contributed by atoms with Crippen LogP contribution in [0.5, 0.6) is 5.75 Å². The number of carbonyl (C=O) groups excluding carboxylic acids is 2. The van der Waals surface area contributed by atoms with Crippen LogP contribution in [0.1, 0.15) is 35.4 Å². The van der Waals surface area contributed by atoms with E-state index in [2.05, 4.69) is 15.2 Å². The molecule has 2 N–H and O–H groups in total. The summed E-state index contributed by atoms with van der Waals surface area (Å²) in [5.74, 6) is 0.893. The van der Waals surface area contributed by atoms with Crippen molar-refractivity contribution in [3.8, 4) is 16.9 Å². The molecule has 0 saturated carbocycles. The number of aliphatic hydroxyl groups excluding tert-OH is 1. The van der Waals surface area contributed by atoms with E-state index in [1.54, 1.807) is 11.1 Å². The van der Waals surface area contributed by atoms with Gasteiger partial charge in [-0.1, -0.05) is 36.4 Å². The highest BCUT2D eigenvalue weighted by Gasteiger charge is 2.38. The molecule has 10 nitrogen and oxygen atoms in total. The number of amides is 2. The first-order valence-electron chi connectivity index (χ1n) is 14.4. The van der Waals surface area contributed by atoms with E-state index >= 15 is 0 Å². The van der Waals surface area contributed by atoms with E-state index in [-0.39, 0.29) is 24.5 Å². The van der Waals surface area contributed by atoms with Crippen molar-refractivity contribution in [3.63, 3.8) is 0 Å². The number of carbonyl (C=O) groups is 2. The largest absolute Gasteiger partial charge is 0.493 e. The molecule has 3 aliphatic rings. The molecule has 4 heterocycles. The summed E-state index contributed by atoms with van der Waals surface area (Å²) in [7, 11) is 1.94. The van der Waals surface area contributed by atoms with Crippen LogP contribution in [0.4, 0.5) is 0 Å². The maximum Gasteiger partial charge on any atom is 0.258 e. The lowest BCUT2D eigenvalue weighted by Crippen LogP contribution is -2.61. The highest BCUT2D eigenvalue weighted by atomic mass is 16.5. The number of hydrogen-bond donors (Lipinski definition) is 2. The smallest absolute Gasteiger partial charge is 0.258 e. The van der Waals surface area contributed by atoms with Crippen LogP contribution in [0.25, 0.3) is 11.1 Å². The minimum atomic E-state index is -0.724. The quantitative estimate of drug-likeness (QED) is 0.507. The molecule has 0 spiro atoms. The SMILES string of the molecule is Cn1ccnc1CN1CCN2C(=O)c3ccc(-c4ccccc4)cc3OCC[C@@H]3CC[C@H](O)[C@@H](CNC(=O)[C@@H]2C1)O3. The third-order valence-electron chi connectivity index (χ3n) is 8.39. The highest BCUT2D eigenvalue weighted by molar-refractivity contribution is 6.00. The molecule has 4 atom stereocenters. The van der Waals surface area contributed by atoms with Gasteiger partial charge in [0, 0.05) is 52.0 Å². The van der Waals surface area contributed by atoms with E-state index in [0.29, 0.717) is 63.4 Å². The fourth-order valence-electron chi connectivity index (χ4n) is 5.95. The number of nitrogens with one attached hydrogen (secondary N) is 1. The molecule has 3 aliphatic heterocycles. The lowest BCUT2D eigenvalue weighted by atomic mass is 9.98. The zero-order valence-electron chi connectivity index (χ0n) is 23.3. The first-order chi connectivity index (χ1) is 20.0. The van der Waals surface area contributed by atoms with Gasteiger partial charge in [0.05, 0.1) is 30.9 Å². The molecule has 2 aromatic carbocycles. The van der Waals surface area contributed by atoms with Crippen molar-refractivity contribution in [2.24, 2.45) is 7.05 Å². The first kappa shape index (κ1) is 27.4. The van der Waals surface area contributed by atoms with Gasteiger partial charge in [0.25, 0.3) is 5.91 Å². The van der Waals surface area contributed by atoms with E-state index < -0.39 is 18.2 Å². The molecule has 3 aromatic rings. The molecule has 41 heavy (non-hydrogen) atoms. The molecule has 2 bridgehead atoms. The van der Waals surface area contributed by atoms with Crippen LogP contribution in [0.3, 0.4) is 0 Å². The van der Waals surface area contributed by atoms with Gasteiger partial charge < -0.3 is 29.4 Å². The van der Waals surface area contributed by atoms with Gasteiger partial charge in [-0.2, -0.15) is 0 Å². The number of benzene rings is 2. The van der Waals surface area contributed by atoms with E-state index in [4.69, 9.17) is 9.47 Å². The van der Waals surface area contributed by atoms with Crippen LogP contribution in [-0.2, 0) is 23.1 Å². The Labute approximate surface area is 239 Å². The number of aliphatic hydroxyl groups is 1. The summed E-state index contributed by atoms with van der Waals surface area (Å²) >= 11 is 0. The van der Waals surface area contributed by atoms with Crippen molar-refractivity contribution < 1.29 is 24.2 Å². The van der Waals surface area contributed by atoms with Crippen molar-refractivity contribution in [1.29, 1.82) is 0 Å². The Bertz CT molecular complexity index is 1380. The minimum Gasteiger partial charge on any atom is -0.493 e. The number of nitrogens with zero attached hydrogens (tertiary/aromatic N) is 4. The summed E-state index contributed by atoms with van der Waals surface area (Å²) < 4.78 is 14.4. The average molecular weight is 560 g/mol. The molecule has 6 rings (SSSR count). The molecule has 216 valence electrons. The fraction of sp³-hybridized carbons (Fsp3) is 0.452. The van der Waals surface area contributed by atoms with Crippen LogP contribution >= 0.6 is 0 Å². The van der Waals surface area contributed by atoms with Crippen molar-refractivity contribution in [1.82, 2.24) is 24.7 Å². The number of aromatic nitrogens is 2. The third kappa shape index (κ3) is 6.00. The summed E-state index contributed by atoms with van der Waals surface area (Å²) in [6.45, 7) is 2.48. The fourth-order valence-corrected chi connectivity index (χ4v) is 5.95. The molecular weight excluding hydrogens is 522 g/mol. The first-order valence-corrected chi connectivity index (χ1v) is 14.4. The second-order valence-electron chi connectivity index (χ2n) is 11.1. The van der Waals surface area contributed by atoms with Crippen molar-refractivity contribution in [2.75, 3.05) is 32.8 Å². The summed E-state index contributed by atoms with van der Waals surface area (Å²) in [4.78, 5) is 36.0. The van der Waals surface area contributed by atoms with E-state index in [0.717, 1.165) is 17.0 Å². The molecule has 2 saturated heterocycles. The highest BCUT2D eigenvalue weighted by Crippen LogP contribution is 2.31. The monoisotopic (exact) mass is 559 g/mol. The van der Waals surface area contributed by atoms with Crippen molar-refractivity contribution in [2.45, 2.75) is 50.2 Å². The summed E-state index contributed by atoms with van der Waals surface area (Å²) in [5, 5.41) is 13.6. The summed E-state index contributed by atoms with van der Waals surface area (Å²) in [6, 6.07) is 14.9. The number of imidazole rings is 1. The standard InChI is InChI=1S/C31H37N5O5/c1-34-13-12-32-29(34)20-35-14-15-36-25(19-35)30(38)33-18-28-26(37)10-8-23(41-28)11-16-40-27-17-22(7-9-24(27)31(36)39)21-5-3-2-4-6-21/h2-7,9,12-13,17,23,25-26,28,37H,8,10-11,14-16,18-20H2,1H3,(H,33,38)/t23-,25-,26-,28+/m0/s1. The van der Waals surface area contributed by atoms with E-state index in [1.165, 1.54) is 0 Å². The molecule has 10 heteroatoms. The zero-order chi connectivity index (χ0) is 28.3. The van der Waals surface area contributed by atoms with Crippen LogP contribution in [0.15, 0.2) is 60.9 Å². The Morgan fingerprint density at radius 2 is 1.90 bits per heavy atom. The normalized spacial score (nSPS) is 25.9. The molecule has 2 fully saturated rings. The number of ether oxygens (including phenoxy) is 2. The summed E-state index contributed by atoms with van der Waals surface area (Å²) in [5.41, 5.74) is 2.41. The predicted octanol–water partition coefficient (Wildman–Crippen LogP) is 2.22. The van der Waals surface area contributed by atoms with Gasteiger partial charge in [-0.3, -0.25) is 14.5 Å². The maximum atomic E-state index is 14.1. The maximum absolute atomic E-state index is 14.1.